The van der Waals surface area contributed by atoms with Crippen LogP contribution in [0.3, 0.4) is 0 Å². The van der Waals surface area contributed by atoms with Crippen LogP contribution in [0.2, 0.25) is 0 Å². The molecule has 16 heavy (non-hydrogen) atoms. The monoisotopic (exact) mass is 243 g/mol. The van der Waals surface area contributed by atoms with E-state index in [9.17, 15) is 8.78 Å². The maximum atomic E-state index is 14.1. The highest BCUT2D eigenvalue weighted by Crippen LogP contribution is 2.52. The molecule has 0 aromatic heterocycles. The van der Waals surface area contributed by atoms with Crippen molar-refractivity contribution in [2.45, 2.75) is 36.1 Å². The van der Waals surface area contributed by atoms with Crippen LogP contribution in [0.5, 0.6) is 0 Å². The first kappa shape index (κ1) is 11.9. The molecule has 0 bridgehead atoms. The van der Waals surface area contributed by atoms with E-state index in [4.69, 9.17) is 5.73 Å². The Hall–Kier alpha value is -0.610. The lowest BCUT2D eigenvalue weighted by Crippen LogP contribution is -2.32. The zero-order valence-corrected chi connectivity index (χ0v) is 10.2. The van der Waals surface area contributed by atoms with E-state index in [1.54, 1.807) is 6.26 Å². The molecule has 0 aliphatic heterocycles. The fourth-order valence-electron chi connectivity index (χ4n) is 2.18. The van der Waals surface area contributed by atoms with Crippen LogP contribution < -0.4 is 5.73 Å². The molecule has 88 valence electrons. The molecular formula is C12H15F2NS. The first-order valence-corrected chi connectivity index (χ1v) is 6.53. The Kier molecular flexibility index (Phi) is 2.97. The van der Waals surface area contributed by atoms with E-state index in [1.807, 2.05) is 6.92 Å². The average Bonchev–Trinajstić information content (AvgIpc) is 3.02. The second-order valence-electron chi connectivity index (χ2n) is 4.41. The Labute approximate surface area is 98.4 Å². The van der Waals surface area contributed by atoms with Crippen molar-refractivity contribution in [1.82, 2.24) is 0 Å². The number of thioether (sulfide) groups is 1. The summed E-state index contributed by atoms with van der Waals surface area (Å²) in [5.74, 6) is -0.684. The molecule has 1 nitrogen and oxygen atoms in total. The molecule has 1 aliphatic rings. The van der Waals surface area contributed by atoms with Gasteiger partial charge in [0.2, 0.25) is 0 Å². The summed E-state index contributed by atoms with van der Waals surface area (Å²) in [4.78, 5) is 0.363. The van der Waals surface area contributed by atoms with Gasteiger partial charge in [0.05, 0.1) is 0 Å². The molecule has 0 heterocycles. The predicted molar refractivity (Wildman–Crippen MR) is 62.7 cm³/mol. The predicted octanol–water partition coefficient (Wildman–Crippen LogP) is 3.07. The number of hydrogen-bond donors (Lipinski definition) is 1. The summed E-state index contributed by atoms with van der Waals surface area (Å²) < 4.78 is 27.5. The van der Waals surface area contributed by atoms with Gasteiger partial charge in [0.25, 0.3) is 0 Å². The van der Waals surface area contributed by atoms with E-state index < -0.39 is 0 Å². The average molecular weight is 243 g/mol. The molecule has 0 radical (unpaired) electrons. The Bertz CT molecular complexity index is 414. The van der Waals surface area contributed by atoms with Gasteiger partial charge in [-0.2, -0.15) is 0 Å². The molecule has 2 rings (SSSR count). The van der Waals surface area contributed by atoms with Crippen molar-refractivity contribution < 1.29 is 8.78 Å². The summed E-state index contributed by atoms with van der Waals surface area (Å²) >= 11 is 1.22. The van der Waals surface area contributed by atoms with E-state index in [1.165, 1.54) is 23.9 Å². The van der Waals surface area contributed by atoms with Crippen LogP contribution >= 0.6 is 11.8 Å². The van der Waals surface area contributed by atoms with Crippen molar-refractivity contribution in [2.75, 3.05) is 6.26 Å². The molecule has 1 unspecified atom stereocenters. The molecule has 1 fully saturated rings. The summed E-state index contributed by atoms with van der Waals surface area (Å²) in [5.41, 5.74) is 5.99. The first-order chi connectivity index (χ1) is 7.51. The van der Waals surface area contributed by atoms with E-state index in [-0.39, 0.29) is 23.1 Å². The minimum atomic E-state index is -0.382. The summed E-state index contributed by atoms with van der Waals surface area (Å²) in [6, 6.07) is 2.39. The molecule has 4 heteroatoms. The molecule has 1 aromatic carbocycles. The highest BCUT2D eigenvalue weighted by molar-refractivity contribution is 7.98. The number of benzene rings is 1. The highest BCUT2D eigenvalue weighted by Gasteiger charge is 2.49. The lowest BCUT2D eigenvalue weighted by Gasteiger charge is -2.21. The third kappa shape index (κ3) is 1.74. The van der Waals surface area contributed by atoms with Gasteiger partial charge in [0.15, 0.2) is 0 Å². The summed E-state index contributed by atoms with van der Waals surface area (Å²) in [6.45, 7) is 1.86. The zero-order valence-electron chi connectivity index (χ0n) is 9.39. The third-order valence-electron chi connectivity index (χ3n) is 3.42. The lowest BCUT2D eigenvalue weighted by atomic mass is 9.89. The number of rotatable bonds is 3. The smallest absolute Gasteiger partial charge is 0.140 e. The Balaban J connectivity index is 2.53. The normalized spacial score (nSPS) is 19.6. The van der Waals surface area contributed by atoms with E-state index in [0.717, 1.165) is 12.8 Å². The summed E-state index contributed by atoms with van der Waals surface area (Å²) in [6.07, 6.45) is 3.44. The Morgan fingerprint density at radius 1 is 1.38 bits per heavy atom. The maximum absolute atomic E-state index is 14.1. The van der Waals surface area contributed by atoms with Crippen LogP contribution in [0, 0.1) is 11.6 Å². The molecule has 0 amide bonds. The van der Waals surface area contributed by atoms with Gasteiger partial charge in [-0.25, -0.2) is 8.78 Å². The molecule has 2 N–H and O–H groups in total. The van der Waals surface area contributed by atoms with Crippen LogP contribution in [0.15, 0.2) is 17.0 Å². The molecular weight excluding hydrogens is 228 g/mol. The SMILES string of the molecule is CSc1cc(F)cc(C2(C(C)N)CC2)c1F. The number of hydrogen-bond acceptors (Lipinski definition) is 2. The van der Waals surface area contributed by atoms with Crippen LogP contribution in [0.25, 0.3) is 0 Å². The van der Waals surface area contributed by atoms with Gasteiger partial charge in [-0.1, -0.05) is 0 Å². The molecule has 1 aliphatic carbocycles. The number of nitrogens with two attached hydrogens (primary N) is 1. The fourth-order valence-corrected chi connectivity index (χ4v) is 2.70. The molecule has 0 spiro atoms. The van der Waals surface area contributed by atoms with Crippen LogP contribution in [0.1, 0.15) is 25.3 Å². The largest absolute Gasteiger partial charge is 0.327 e. The van der Waals surface area contributed by atoms with Gasteiger partial charge in [-0.05, 0) is 43.7 Å². The minimum absolute atomic E-state index is 0.140. The Morgan fingerprint density at radius 3 is 2.44 bits per heavy atom. The Morgan fingerprint density at radius 2 is 2.00 bits per heavy atom. The standard InChI is InChI=1S/C12H15F2NS/c1-7(15)12(3-4-12)9-5-8(13)6-10(16-2)11(9)14/h5-7H,3-4,15H2,1-2H3. The van der Waals surface area contributed by atoms with Gasteiger partial charge < -0.3 is 5.73 Å². The topological polar surface area (TPSA) is 26.0 Å². The minimum Gasteiger partial charge on any atom is -0.327 e. The van der Waals surface area contributed by atoms with Crippen molar-refractivity contribution in [3.8, 4) is 0 Å². The number of halogens is 2. The maximum Gasteiger partial charge on any atom is 0.140 e. The van der Waals surface area contributed by atoms with Gasteiger partial charge >= 0.3 is 0 Å². The van der Waals surface area contributed by atoms with Crippen molar-refractivity contribution in [3.63, 3.8) is 0 Å². The molecule has 1 saturated carbocycles. The summed E-state index contributed by atoms with van der Waals surface area (Å²) in [5, 5.41) is 0. The zero-order chi connectivity index (χ0) is 11.9. The third-order valence-corrected chi connectivity index (χ3v) is 4.16. The lowest BCUT2D eigenvalue weighted by molar-refractivity contribution is 0.491. The van der Waals surface area contributed by atoms with E-state index in [0.29, 0.717) is 10.5 Å². The quantitative estimate of drug-likeness (QED) is 0.826. The van der Waals surface area contributed by atoms with Crippen molar-refractivity contribution in [2.24, 2.45) is 5.73 Å². The molecule has 0 saturated heterocycles. The van der Waals surface area contributed by atoms with Gasteiger partial charge in [-0.15, -0.1) is 11.8 Å². The molecule has 1 aromatic rings. The van der Waals surface area contributed by atoms with Gasteiger partial charge in [0, 0.05) is 16.4 Å². The fraction of sp³-hybridized carbons (Fsp3) is 0.500. The summed E-state index contributed by atoms with van der Waals surface area (Å²) in [7, 11) is 0. The molecule has 1 atom stereocenters. The van der Waals surface area contributed by atoms with Crippen LogP contribution in [-0.4, -0.2) is 12.3 Å². The van der Waals surface area contributed by atoms with Crippen molar-refractivity contribution in [1.29, 1.82) is 0 Å². The van der Waals surface area contributed by atoms with Crippen LogP contribution in [0.4, 0.5) is 8.78 Å². The first-order valence-electron chi connectivity index (χ1n) is 5.30. The van der Waals surface area contributed by atoms with Crippen molar-refractivity contribution in [3.05, 3.63) is 29.3 Å². The van der Waals surface area contributed by atoms with E-state index in [2.05, 4.69) is 0 Å². The van der Waals surface area contributed by atoms with Crippen molar-refractivity contribution >= 4 is 11.8 Å². The van der Waals surface area contributed by atoms with Gasteiger partial charge in [-0.3, -0.25) is 0 Å². The second-order valence-corrected chi connectivity index (χ2v) is 5.26. The van der Waals surface area contributed by atoms with Gasteiger partial charge in [0.1, 0.15) is 11.6 Å². The second kappa shape index (κ2) is 4.00. The van der Waals surface area contributed by atoms with Crippen LogP contribution in [-0.2, 0) is 5.41 Å². The van der Waals surface area contributed by atoms with E-state index >= 15 is 0 Å². The highest BCUT2D eigenvalue weighted by atomic mass is 32.2.